The highest BCUT2D eigenvalue weighted by Crippen LogP contribution is 2.28. The normalized spacial score (nSPS) is 18.8. The summed E-state index contributed by atoms with van der Waals surface area (Å²) in [5.41, 5.74) is 1.35. The van der Waals surface area contributed by atoms with Crippen molar-refractivity contribution in [3.05, 3.63) is 53.6 Å². The number of rotatable bonds is 8. The number of hydrogen-bond donors (Lipinski definition) is 3. The van der Waals surface area contributed by atoms with E-state index in [1.807, 2.05) is 0 Å². The van der Waals surface area contributed by atoms with E-state index < -0.39 is 10.0 Å². The molecule has 1 heterocycles. The first-order valence-corrected chi connectivity index (χ1v) is 11.6. The highest BCUT2D eigenvalue weighted by Gasteiger charge is 2.35. The van der Waals surface area contributed by atoms with E-state index in [1.54, 1.807) is 42.2 Å². The summed E-state index contributed by atoms with van der Waals surface area (Å²) in [4.78, 5) is 14.7. The van der Waals surface area contributed by atoms with Crippen LogP contribution in [0.3, 0.4) is 0 Å². The highest BCUT2D eigenvalue weighted by atomic mass is 32.2. The van der Waals surface area contributed by atoms with Crippen molar-refractivity contribution in [2.24, 2.45) is 11.8 Å². The zero-order valence-electron chi connectivity index (χ0n) is 17.6. The Bertz CT molecular complexity index is 1020. The van der Waals surface area contributed by atoms with Crippen LogP contribution in [0, 0.1) is 18.8 Å². The van der Waals surface area contributed by atoms with Gasteiger partial charge in [-0.15, -0.1) is 0 Å². The molecule has 168 valence electrons. The molecule has 1 saturated heterocycles. The van der Waals surface area contributed by atoms with Gasteiger partial charge in [0, 0.05) is 43.5 Å². The Morgan fingerprint density at radius 1 is 1.13 bits per heavy atom. The fourth-order valence-corrected chi connectivity index (χ4v) is 4.93. The Morgan fingerprint density at radius 3 is 2.42 bits per heavy atom. The molecule has 31 heavy (non-hydrogen) atoms. The molecule has 1 aliphatic heterocycles. The summed E-state index contributed by atoms with van der Waals surface area (Å²) in [6, 6.07) is 10.9. The number of likely N-dealkylation sites (tertiary alicyclic amines) is 1. The Hall–Kier alpha value is -2.62. The lowest BCUT2D eigenvalue weighted by Crippen LogP contribution is -2.30. The van der Waals surface area contributed by atoms with Gasteiger partial charge >= 0.3 is 0 Å². The lowest BCUT2D eigenvalue weighted by molar-refractivity contribution is 0.0778. The molecule has 0 aliphatic carbocycles. The number of aliphatic hydroxyl groups excluding tert-OH is 2. The molecule has 8 nitrogen and oxygen atoms in total. The van der Waals surface area contributed by atoms with E-state index in [0.29, 0.717) is 42.1 Å². The van der Waals surface area contributed by atoms with Gasteiger partial charge in [-0.3, -0.25) is 9.52 Å². The summed E-state index contributed by atoms with van der Waals surface area (Å²) in [6.45, 7) is 2.48. The van der Waals surface area contributed by atoms with Crippen molar-refractivity contribution in [1.29, 1.82) is 0 Å². The van der Waals surface area contributed by atoms with Crippen LogP contribution in [0.4, 0.5) is 5.69 Å². The first-order valence-electron chi connectivity index (χ1n) is 10.1. The van der Waals surface area contributed by atoms with Gasteiger partial charge in [0.2, 0.25) is 0 Å². The van der Waals surface area contributed by atoms with Crippen LogP contribution in [0.1, 0.15) is 22.3 Å². The van der Waals surface area contributed by atoms with Gasteiger partial charge in [-0.2, -0.15) is 0 Å². The molecule has 1 aliphatic rings. The number of sulfonamides is 1. The second kappa shape index (κ2) is 9.67. The van der Waals surface area contributed by atoms with Crippen molar-refractivity contribution < 1.29 is 28.2 Å². The average Bonchev–Trinajstić information content (AvgIpc) is 3.17. The first-order chi connectivity index (χ1) is 14.8. The monoisotopic (exact) mass is 448 g/mol. The highest BCUT2D eigenvalue weighted by molar-refractivity contribution is 7.92. The summed E-state index contributed by atoms with van der Waals surface area (Å²) in [7, 11) is -2.37. The fraction of sp³-hybridized carbons (Fsp3) is 0.409. The number of carbonyl (C=O) groups is 1. The molecule has 0 saturated carbocycles. The number of carbonyl (C=O) groups excluding carboxylic acids is 1. The summed E-state index contributed by atoms with van der Waals surface area (Å²) < 4.78 is 33.3. The molecule has 3 N–H and O–H groups in total. The standard InChI is InChI=1S/C22H28N2O6S/c1-15-3-8-20(31(28,29)23-18-4-6-19(30-2)7-5-18)11-21(15)22(27)24-12-16(9-10-25)17(13-24)14-26/h3-8,11,16-17,23,25-26H,9-10,12-14H2,1-2H3. The average molecular weight is 449 g/mol. The lowest BCUT2D eigenvalue weighted by Gasteiger charge is -2.18. The second-order valence-electron chi connectivity index (χ2n) is 7.74. The van der Waals surface area contributed by atoms with Gasteiger partial charge in [-0.25, -0.2) is 8.42 Å². The van der Waals surface area contributed by atoms with E-state index >= 15 is 0 Å². The third kappa shape index (κ3) is 5.17. The van der Waals surface area contributed by atoms with Crippen molar-refractivity contribution in [2.45, 2.75) is 18.2 Å². The number of nitrogens with zero attached hydrogens (tertiary/aromatic N) is 1. The first kappa shape index (κ1) is 23.1. The minimum atomic E-state index is -3.90. The van der Waals surface area contributed by atoms with Gasteiger partial charge in [0.05, 0.1) is 12.0 Å². The molecule has 2 unspecified atom stereocenters. The maximum absolute atomic E-state index is 13.1. The van der Waals surface area contributed by atoms with E-state index in [1.165, 1.54) is 19.2 Å². The Balaban J connectivity index is 1.83. The maximum atomic E-state index is 13.1. The van der Waals surface area contributed by atoms with E-state index in [2.05, 4.69) is 4.72 Å². The molecule has 2 atom stereocenters. The summed E-state index contributed by atoms with van der Waals surface area (Å²) in [6.07, 6.45) is 0.508. The van der Waals surface area contributed by atoms with E-state index in [-0.39, 0.29) is 35.9 Å². The summed E-state index contributed by atoms with van der Waals surface area (Å²) in [5.74, 6) is 0.248. The molecule has 2 aromatic rings. The van der Waals surface area contributed by atoms with Crippen LogP contribution in [-0.2, 0) is 10.0 Å². The van der Waals surface area contributed by atoms with Crippen LogP contribution >= 0.6 is 0 Å². The third-order valence-corrected chi connectivity index (χ3v) is 7.07. The minimum Gasteiger partial charge on any atom is -0.497 e. The number of amides is 1. The van der Waals surface area contributed by atoms with Gasteiger partial charge in [0.25, 0.3) is 15.9 Å². The van der Waals surface area contributed by atoms with Crippen LogP contribution in [0.15, 0.2) is 47.4 Å². The van der Waals surface area contributed by atoms with Gasteiger partial charge in [-0.05, 0) is 61.2 Å². The van der Waals surface area contributed by atoms with E-state index in [9.17, 15) is 23.4 Å². The van der Waals surface area contributed by atoms with Gasteiger partial charge in [-0.1, -0.05) is 6.07 Å². The Labute approximate surface area is 182 Å². The zero-order valence-corrected chi connectivity index (χ0v) is 18.4. The fourth-order valence-electron chi connectivity index (χ4n) is 3.85. The smallest absolute Gasteiger partial charge is 0.261 e. The number of aryl methyl sites for hydroxylation is 1. The quantitative estimate of drug-likeness (QED) is 0.568. The minimum absolute atomic E-state index is 0.00696. The largest absolute Gasteiger partial charge is 0.497 e. The molecule has 0 bridgehead atoms. The number of benzene rings is 2. The number of ether oxygens (including phenoxy) is 1. The van der Waals surface area contributed by atoms with E-state index in [4.69, 9.17) is 4.74 Å². The number of hydrogen-bond acceptors (Lipinski definition) is 6. The van der Waals surface area contributed by atoms with Crippen LogP contribution in [0.2, 0.25) is 0 Å². The molecular weight excluding hydrogens is 420 g/mol. The molecule has 1 amide bonds. The van der Waals surface area contributed by atoms with Crippen molar-refractivity contribution in [3.63, 3.8) is 0 Å². The topological polar surface area (TPSA) is 116 Å². The SMILES string of the molecule is COc1ccc(NS(=O)(=O)c2ccc(C)c(C(=O)N3CC(CO)C(CCO)C3)c2)cc1. The van der Waals surface area contributed by atoms with Gasteiger partial charge in [0.15, 0.2) is 0 Å². The van der Waals surface area contributed by atoms with Crippen molar-refractivity contribution in [3.8, 4) is 5.75 Å². The predicted molar refractivity (Wildman–Crippen MR) is 117 cm³/mol. The zero-order chi connectivity index (χ0) is 22.6. The lowest BCUT2D eigenvalue weighted by atomic mass is 9.94. The van der Waals surface area contributed by atoms with Crippen molar-refractivity contribution >= 4 is 21.6 Å². The van der Waals surface area contributed by atoms with Crippen LogP contribution in [-0.4, -0.2) is 62.9 Å². The predicted octanol–water partition coefficient (Wildman–Crippen LogP) is 1.87. The molecule has 0 radical (unpaired) electrons. The molecule has 2 aromatic carbocycles. The summed E-state index contributed by atoms with van der Waals surface area (Å²) >= 11 is 0. The van der Waals surface area contributed by atoms with Crippen LogP contribution < -0.4 is 9.46 Å². The van der Waals surface area contributed by atoms with Crippen molar-refractivity contribution in [1.82, 2.24) is 4.90 Å². The molecule has 0 spiro atoms. The van der Waals surface area contributed by atoms with Crippen LogP contribution in [0.5, 0.6) is 5.75 Å². The number of methoxy groups -OCH3 is 1. The number of nitrogens with one attached hydrogen (secondary N) is 1. The van der Waals surface area contributed by atoms with E-state index in [0.717, 1.165) is 0 Å². The molecule has 9 heteroatoms. The van der Waals surface area contributed by atoms with Crippen LogP contribution in [0.25, 0.3) is 0 Å². The maximum Gasteiger partial charge on any atom is 0.261 e. The molecule has 0 aromatic heterocycles. The molecule has 3 rings (SSSR count). The second-order valence-corrected chi connectivity index (χ2v) is 9.42. The summed E-state index contributed by atoms with van der Waals surface area (Å²) in [5, 5.41) is 18.8. The number of anilines is 1. The third-order valence-electron chi connectivity index (χ3n) is 5.69. The number of aliphatic hydroxyl groups is 2. The van der Waals surface area contributed by atoms with Crippen molar-refractivity contribution in [2.75, 3.05) is 38.1 Å². The Kier molecular flexibility index (Phi) is 7.19. The molecule has 1 fully saturated rings. The molecular formula is C22H28N2O6S. The van der Waals surface area contributed by atoms with Gasteiger partial charge < -0.3 is 19.8 Å². The Morgan fingerprint density at radius 2 is 1.81 bits per heavy atom. The van der Waals surface area contributed by atoms with Gasteiger partial charge in [0.1, 0.15) is 5.75 Å².